The lowest BCUT2D eigenvalue weighted by molar-refractivity contribution is 0.0262. The molecule has 1 aliphatic rings. The van der Waals surface area contributed by atoms with Crippen LogP contribution in [-0.4, -0.2) is 25.4 Å². The van der Waals surface area contributed by atoms with E-state index in [1.807, 2.05) is 12.1 Å². The molecule has 106 valence electrons. The van der Waals surface area contributed by atoms with Crippen LogP contribution >= 0.6 is 0 Å². The van der Waals surface area contributed by atoms with Gasteiger partial charge in [-0.3, -0.25) is 0 Å². The van der Waals surface area contributed by atoms with Crippen LogP contribution in [0.4, 0.5) is 0 Å². The van der Waals surface area contributed by atoms with Crippen molar-refractivity contribution in [2.75, 3.05) is 13.2 Å². The molecule has 0 spiro atoms. The minimum atomic E-state index is 0.256. The zero-order valence-corrected chi connectivity index (χ0v) is 12.0. The first-order valence-electron chi connectivity index (χ1n) is 7.36. The maximum atomic E-state index is 5.94. The van der Waals surface area contributed by atoms with Crippen molar-refractivity contribution in [1.82, 2.24) is 5.32 Å². The Kier molecular flexibility index (Phi) is 5.67. The van der Waals surface area contributed by atoms with Crippen molar-refractivity contribution in [1.29, 1.82) is 0 Å². The summed E-state index contributed by atoms with van der Waals surface area (Å²) in [5.41, 5.74) is 1.22. The molecule has 3 heteroatoms. The lowest BCUT2D eigenvalue weighted by atomic mass is 10.2. The minimum absolute atomic E-state index is 0.256. The highest BCUT2D eigenvalue weighted by atomic mass is 16.5. The molecule has 0 aliphatic carbocycles. The van der Waals surface area contributed by atoms with Gasteiger partial charge in [0.1, 0.15) is 12.4 Å². The molecule has 1 fully saturated rings. The van der Waals surface area contributed by atoms with Gasteiger partial charge in [-0.05, 0) is 38.8 Å². The summed E-state index contributed by atoms with van der Waals surface area (Å²) < 4.78 is 11.7. The van der Waals surface area contributed by atoms with Crippen molar-refractivity contribution in [3.05, 3.63) is 29.8 Å². The smallest absolute Gasteiger partial charge is 0.123 e. The second-order valence-corrected chi connectivity index (χ2v) is 5.24. The van der Waals surface area contributed by atoms with E-state index < -0.39 is 0 Å². The molecular formula is C16H25NO2. The van der Waals surface area contributed by atoms with Gasteiger partial charge >= 0.3 is 0 Å². The van der Waals surface area contributed by atoms with Crippen molar-refractivity contribution in [2.45, 2.75) is 51.9 Å². The fourth-order valence-electron chi connectivity index (χ4n) is 2.38. The quantitative estimate of drug-likeness (QED) is 0.767. The highest BCUT2D eigenvalue weighted by Gasteiger charge is 2.22. The van der Waals surface area contributed by atoms with E-state index in [0.717, 1.165) is 38.1 Å². The molecule has 0 aromatic heterocycles. The molecule has 1 aromatic rings. The first-order valence-corrected chi connectivity index (χ1v) is 7.36. The third kappa shape index (κ3) is 4.51. The summed E-state index contributed by atoms with van der Waals surface area (Å²) in [6, 6.07) is 8.25. The van der Waals surface area contributed by atoms with Crippen LogP contribution in [0.2, 0.25) is 0 Å². The van der Waals surface area contributed by atoms with Crippen LogP contribution in [0.1, 0.15) is 38.7 Å². The summed E-state index contributed by atoms with van der Waals surface area (Å²) in [4.78, 5) is 0. The Labute approximate surface area is 116 Å². The molecule has 0 bridgehead atoms. The van der Waals surface area contributed by atoms with Crippen LogP contribution in [0, 0.1) is 0 Å². The van der Waals surface area contributed by atoms with Gasteiger partial charge < -0.3 is 14.8 Å². The lowest BCUT2D eigenvalue weighted by Gasteiger charge is -2.15. The van der Waals surface area contributed by atoms with Gasteiger partial charge in [-0.2, -0.15) is 0 Å². The zero-order valence-electron chi connectivity index (χ0n) is 12.0. The van der Waals surface area contributed by atoms with Crippen LogP contribution in [0.15, 0.2) is 24.3 Å². The second kappa shape index (κ2) is 7.51. The third-order valence-electron chi connectivity index (χ3n) is 3.46. The fraction of sp³-hybridized carbons (Fsp3) is 0.625. The maximum Gasteiger partial charge on any atom is 0.123 e. The first kappa shape index (κ1) is 14.4. The molecule has 1 aromatic carbocycles. The predicted octanol–water partition coefficient (Wildman–Crippen LogP) is 3.13. The fourth-order valence-corrected chi connectivity index (χ4v) is 2.38. The predicted molar refractivity (Wildman–Crippen MR) is 77.5 cm³/mol. The summed E-state index contributed by atoms with van der Waals surface area (Å²) in [6.07, 6.45) is 4.05. The number of hydrogen-bond donors (Lipinski definition) is 1. The van der Waals surface area contributed by atoms with Gasteiger partial charge in [-0.1, -0.05) is 25.1 Å². The summed E-state index contributed by atoms with van der Waals surface area (Å²) in [5, 5.41) is 3.42. The maximum absolute atomic E-state index is 5.94. The van der Waals surface area contributed by atoms with Crippen molar-refractivity contribution in [2.24, 2.45) is 0 Å². The molecule has 2 atom stereocenters. The largest absolute Gasteiger partial charge is 0.491 e. The Morgan fingerprint density at radius 2 is 2.16 bits per heavy atom. The molecule has 0 saturated carbocycles. The number of para-hydroxylation sites is 1. The molecule has 1 aliphatic heterocycles. The van der Waals surface area contributed by atoms with E-state index in [-0.39, 0.29) is 6.10 Å². The topological polar surface area (TPSA) is 30.5 Å². The molecule has 0 radical (unpaired) electrons. The third-order valence-corrected chi connectivity index (χ3v) is 3.46. The summed E-state index contributed by atoms with van der Waals surface area (Å²) >= 11 is 0. The average molecular weight is 263 g/mol. The molecule has 0 amide bonds. The van der Waals surface area contributed by atoms with Crippen LogP contribution in [-0.2, 0) is 11.3 Å². The normalized spacial score (nSPS) is 22.6. The SMILES string of the molecule is CCCNCc1ccccc1OCC1CCC(C)O1. The number of nitrogens with one attached hydrogen (secondary N) is 1. The van der Waals surface area contributed by atoms with E-state index in [9.17, 15) is 0 Å². The molecule has 3 nitrogen and oxygen atoms in total. The first-order chi connectivity index (χ1) is 9.29. The molecule has 1 heterocycles. The van der Waals surface area contributed by atoms with Gasteiger partial charge in [-0.25, -0.2) is 0 Å². The van der Waals surface area contributed by atoms with Crippen LogP contribution in [0.25, 0.3) is 0 Å². The second-order valence-electron chi connectivity index (χ2n) is 5.24. The average Bonchev–Trinajstić information content (AvgIpc) is 2.84. The van der Waals surface area contributed by atoms with E-state index >= 15 is 0 Å². The lowest BCUT2D eigenvalue weighted by Crippen LogP contribution is -2.19. The van der Waals surface area contributed by atoms with E-state index in [1.165, 1.54) is 5.56 Å². The van der Waals surface area contributed by atoms with Crippen molar-refractivity contribution in [3.8, 4) is 5.75 Å². The van der Waals surface area contributed by atoms with Gasteiger partial charge in [0.25, 0.3) is 0 Å². The Morgan fingerprint density at radius 1 is 1.32 bits per heavy atom. The van der Waals surface area contributed by atoms with Gasteiger partial charge in [0, 0.05) is 12.1 Å². The highest BCUT2D eigenvalue weighted by Crippen LogP contribution is 2.22. The van der Waals surface area contributed by atoms with E-state index in [4.69, 9.17) is 9.47 Å². The zero-order chi connectivity index (χ0) is 13.5. The van der Waals surface area contributed by atoms with Crippen molar-refractivity contribution < 1.29 is 9.47 Å². The Bertz CT molecular complexity index is 381. The van der Waals surface area contributed by atoms with Crippen LogP contribution < -0.4 is 10.1 Å². The number of benzene rings is 1. The number of rotatable bonds is 7. The van der Waals surface area contributed by atoms with Crippen LogP contribution in [0.5, 0.6) is 5.75 Å². The molecule has 2 unspecified atom stereocenters. The molecular weight excluding hydrogens is 238 g/mol. The molecule has 1 N–H and O–H groups in total. The van der Waals surface area contributed by atoms with Gasteiger partial charge in [0.05, 0.1) is 12.2 Å². The van der Waals surface area contributed by atoms with E-state index in [2.05, 4.69) is 31.3 Å². The van der Waals surface area contributed by atoms with Gasteiger partial charge in [0.15, 0.2) is 0 Å². The standard InChI is InChI=1S/C16H25NO2/c1-3-10-17-11-14-6-4-5-7-16(14)18-12-15-9-8-13(2)19-15/h4-7,13,15,17H,3,8-12H2,1-2H3. The summed E-state index contributed by atoms with van der Waals surface area (Å²) in [6.45, 7) is 6.87. The van der Waals surface area contributed by atoms with Gasteiger partial charge in [0.2, 0.25) is 0 Å². The molecule has 19 heavy (non-hydrogen) atoms. The summed E-state index contributed by atoms with van der Waals surface area (Å²) in [7, 11) is 0. The monoisotopic (exact) mass is 263 g/mol. The highest BCUT2D eigenvalue weighted by molar-refractivity contribution is 5.33. The minimum Gasteiger partial charge on any atom is -0.491 e. The summed E-state index contributed by atoms with van der Waals surface area (Å²) in [5.74, 6) is 0.981. The van der Waals surface area contributed by atoms with Crippen molar-refractivity contribution in [3.63, 3.8) is 0 Å². The molecule has 2 rings (SSSR count). The Morgan fingerprint density at radius 3 is 2.89 bits per heavy atom. The number of hydrogen-bond acceptors (Lipinski definition) is 3. The van der Waals surface area contributed by atoms with Crippen molar-refractivity contribution >= 4 is 0 Å². The number of ether oxygens (including phenoxy) is 2. The molecule has 1 saturated heterocycles. The van der Waals surface area contributed by atoms with E-state index in [0.29, 0.717) is 12.7 Å². The Hall–Kier alpha value is -1.06. The van der Waals surface area contributed by atoms with E-state index in [1.54, 1.807) is 0 Å². The van der Waals surface area contributed by atoms with Crippen LogP contribution in [0.3, 0.4) is 0 Å². The van der Waals surface area contributed by atoms with Gasteiger partial charge in [-0.15, -0.1) is 0 Å². The Balaban J connectivity index is 1.84.